The monoisotopic (exact) mass is 699 g/mol. The first kappa shape index (κ1) is 30.1. The Kier molecular flexibility index (Phi) is 6.34. The van der Waals surface area contributed by atoms with Gasteiger partial charge in [-0.3, -0.25) is 0 Å². The molecule has 0 saturated carbocycles. The molecule has 0 bridgehead atoms. The van der Waals surface area contributed by atoms with Gasteiger partial charge in [-0.15, -0.1) is 0 Å². The van der Waals surface area contributed by atoms with Crippen LogP contribution in [0.4, 0.5) is 0 Å². The minimum absolute atomic E-state index is 1.14. The summed E-state index contributed by atoms with van der Waals surface area (Å²) in [5, 5.41) is 10.00. The maximum Gasteiger partial charge on any atom is 0.0788 e. The summed E-state index contributed by atoms with van der Waals surface area (Å²) < 4.78 is 7.35. The molecule has 12 aromatic rings. The number of para-hydroxylation sites is 4. The first-order valence-corrected chi connectivity index (χ1v) is 18.9. The van der Waals surface area contributed by atoms with Crippen molar-refractivity contribution in [3.05, 3.63) is 200 Å². The van der Waals surface area contributed by atoms with E-state index in [1.165, 1.54) is 93.0 Å². The van der Waals surface area contributed by atoms with E-state index in [4.69, 9.17) is 0 Å². The van der Waals surface area contributed by atoms with E-state index in [9.17, 15) is 0 Å². The van der Waals surface area contributed by atoms with Gasteiger partial charge in [-0.1, -0.05) is 140 Å². The lowest BCUT2D eigenvalue weighted by Gasteiger charge is -2.14. The topological polar surface area (TPSA) is 14.8 Å². The molecule has 0 spiro atoms. The smallest absolute Gasteiger partial charge is 0.0788 e. The van der Waals surface area contributed by atoms with Gasteiger partial charge in [0, 0.05) is 49.4 Å². The molecule has 3 heterocycles. The second kappa shape index (κ2) is 11.6. The SMILES string of the molecule is c1ccc(-n2c3ccccc3c3c(-c4ccc(-n5c6ccccc6c6ccc7c8ccccc8n(-c8ccc9ccccc9c8)c7c65)cc4)cccc32)cc1. The molecule has 0 amide bonds. The van der Waals surface area contributed by atoms with Crippen LogP contribution in [-0.2, 0) is 0 Å². The summed E-state index contributed by atoms with van der Waals surface area (Å²) in [7, 11) is 0. The fraction of sp³-hybridized carbons (Fsp3) is 0. The predicted molar refractivity (Wildman–Crippen MR) is 232 cm³/mol. The van der Waals surface area contributed by atoms with Crippen LogP contribution in [0, 0.1) is 0 Å². The molecule has 3 nitrogen and oxygen atoms in total. The predicted octanol–water partition coefficient (Wildman–Crippen LogP) is 13.8. The molecule has 3 aromatic heterocycles. The molecule has 256 valence electrons. The third-order valence-corrected chi connectivity index (χ3v) is 11.6. The van der Waals surface area contributed by atoms with E-state index in [2.05, 4.69) is 214 Å². The van der Waals surface area contributed by atoms with E-state index in [1.54, 1.807) is 0 Å². The van der Waals surface area contributed by atoms with Crippen LogP contribution in [0.3, 0.4) is 0 Å². The molecule has 0 N–H and O–H groups in total. The van der Waals surface area contributed by atoms with Crippen molar-refractivity contribution in [2.45, 2.75) is 0 Å². The molecule has 0 aliphatic carbocycles. The first-order valence-electron chi connectivity index (χ1n) is 18.9. The molecular formula is C52H33N3. The van der Waals surface area contributed by atoms with Gasteiger partial charge in [0.2, 0.25) is 0 Å². The highest BCUT2D eigenvalue weighted by atomic mass is 15.0. The van der Waals surface area contributed by atoms with E-state index in [-0.39, 0.29) is 0 Å². The van der Waals surface area contributed by atoms with Crippen molar-refractivity contribution < 1.29 is 0 Å². The maximum absolute atomic E-state index is 2.48. The van der Waals surface area contributed by atoms with Crippen LogP contribution >= 0.6 is 0 Å². The Morgan fingerprint density at radius 1 is 0.273 bits per heavy atom. The number of hydrogen-bond acceptors (Lipinski definition) is 0. The molecule has 0 fully saturated rings. The summed E-state index contributed by atoms with van der Waals surface area (Å²) in [6, 6.07) is 73.2. The van der Waals surface area contributed by atoms with Gasteiger partial charge >= 0.3 is 0 Å². The van der Waals surface area contributed by atoms with Gasteiger partial charge in [-0.05, 0) is 82.6 Å². The average molecular weight is 700 g/mol. The van der Waals surface area contributed by atoms with E-state index < -0.39 is 0 Å². The maximum atomic E-state index is 2.48. The largest absolute Gasteiger partial charge is 0.309 e. The van der Waals surface area contributed by atoms with Crippen LogP contribution in [0.15, 0.2) is 200 Å². The zero-order valence-corrected chi connectivity index (χ0v) is 29.9. The van der Waals surface area contributed by atoms with Crippen LogP contribution in [0.2, 0.25) is 0 Å². The van der Waals surface area contributed by atoms with Crippen LogP contribution in [-0.4, -0.2) is 13.7 Å². The van der Waals surface area contributed by atoms with Gasteiger partial charge in [0.15, 0.2) is 0 Å². The summed E-state index contributed by atoms with van der Waals surface area (Å²) in [4.78, 5) is 0. The van der Waals surface area contributed by atoms with Gasteiger partial charge in [0.05, 0.1) is 33.1 Å². The van der Waals surface area contributed by atoms with Crippen molar-refractivity contribution >= 4 is 76.2 Å². The molecule has 0 radical (unpaired) electrons. The zero-order chi connectivity index (χ0) is 36.0. The third kappa shape index (κ3) is 4.32. The molecule has 0 aliphatic heterocycles. The van der Waals surface area contributed by atoms with Crippen LogP contribution in [0.25, 0.3) is 104 Å². The Labute approximate surface area is 317 Å². The number of benzene rings is 9. The minimum Gasteiger partial charge on any atom is -0.309 e. The summed E-state index contributed by atoms with van der Waals surface area (Å²) in [6.07, 6.45) is 0. The number of hydrogen-bond donors (Lipinski definition) is 0. The highest BCUT2D eigenvalue weighted by molar-refractivity contribution is 6.24. The highest BCUT2D eigenvalue weighted by Gasteiger charge is 2.22. The second-order valence-corrected chi connectivity index (χ2v) is 14.5. The number of fused-ring (bicyclic) bond motifs is 11. The van der Waals surface area contributed by atoms with E-state index >= 15 is 0 Å². The van der Waals surface area contributed by atoms with Gasteiger partial charge < -0.3 is 13.7 Å². The molecule has 9 aromatic carbocycles. The summed E-state index contributed by atoms with van der Waals surface area (Å²) in [5.74, 6) is 0. The van der Waals surface area contributed by atoms with Gasteiger partial charge in [0.25, 0.3) is 0 Å². The molecule has 0 unspecified atom stereocenters. The lowest BCUT2D eigenvalue weighted by molar-refractivity contribution is 1.15. The fourth-order valence-electron chi connectivity index (χ4n) is 9.26. The Morgan fingerprint density at radius 3 is 1.47 bits per heavy atom. The summed E-state index contributed by atoms with van der Waals surface area (Å²) >= 11 is 0. The first-order chi connectivity index (χ1) is 27.3. The Hall–Kier alpha value is -7.36. The van der Waals surface area contributed by atoms with Crippen molar-refractivity contribution in [2.24, 2.45) is 0 Å². The Bertz CT molecular complexity index is 3470. The Morgan fingerprint density at radius 2 is 0.782 bits per heavy atom. The third-order valence-electron chi connectivity index (χ3n) is 11.6. The number of aromatic nitrogens is 3. The number of rotatable bonds is 4. The molecule has 0 atom stereocenters. The van der Waals surface area contributed by atoms with Gasteiger partial charge in [-0.25, -0.2) is 0 Å². The van der Waals surface area contributed by atoms with E-state index in [1.807, 2.05) is 0 Å². The molecule has 0 aliphatic rings. The quantitative estimate of drug-likeness (QED) is 0.174. The normalized spacial score (nSPS) is 12.0. The van der Waals surface area contributed by atoms with Gasteiger partial charge in [-0.2, -0.15) is 0 Å². The van der Waals surface area contributed by atoms with Crippen LogP contribution in [0.1, 0.15) is 0 Å². The van der Waals surface area contributed by atoms with Crippen molar-refractivity contribution in [1.29, 1.82) is 0 Å². The van der Waals surface area contributed by atoms with Crippen molar-refractivity contribution in [1.82, 2.24) is 13.7 Å². The fourth-order valence-corrected chi connectivity index (χ4v) is 9.26. The highest BCUT2D eigenvalue weighted by Crippen LogP contribution is 2.43. The van der Waals surface area contributed by atoms with Gasteiger partial charge in [0.1, 0.15) is 0 Å². The summed E-state index contributed by atoms with van der Waals surface area (Å²) in [5.41, 5.74) is 13.1. The lowest BCUT2D eigenvalue weighted by atomic mass is 9.99. The van der Waals surface area contributed by atoms with E-state index in [0.29, 0.717) is 0 Å². The summed E-state index contributed by atoms with van der Waals surface area (Å²) in [6.45, 7) is 0. The molecule has 12 rings (SSSR count). The molecule has 0 saturated heterocycles. The molecule has 3 heteroatoms. The Balaban J connectivity index is 1.12. The number of nitrogens with zero attached hydrogens (tertiary/aromatic N) is 3. The molecule has 55 heavy (non-hydrogen) atoms. The van der Waals surface area contributed by atoms with Crippen molar-refractivity contribution in [2.75, 3.05) is 0 Å². The minimum atomic E-state index is 1.14. The standard InChI is InChI=1S/C52H33N3/c1-2-15-37(16-3-1)53-48-23-11-8-19-45(48)50-40(20-12-24-49(50)53)35-26-28-38(29-27-35)54-46-21-9-6-17-41(46)43-31-32-44-42-18-7-10-22-47(42)55(52(44)51(43)54)39-30-25-34-13-4-5-14-36(34)33-39/h1-33H. The second-order valence-electron chi connectivity index (χ2n) is 14.5. The molecular weight excluding hydrogens is 667 g/mol. The van der Waals surface area contributed by atoms with Crippen molar-refractivity contribution in [3.63, 3.8) is 0 Å². The van der Waals surface area contributed by atoms with Crippen LogP contribution in [0.5, 0.6) is 0 Å². The van der Waals surface area contributed by atoms with E-state index in [0.717, 1.165) is 11.4 Å². The zero-order valence-electron chi connectivity index (χ0n) is 29.9. The average Bonchev–Trinajstić information content (AvgIpc) is 3.90. The lowest BCUT2D eigenvalue weighted by Crippen LogP contribution is -1.99. The van der Waals surface area contributed by atoms with Crippen molar-refractivity contribution in [3.8, 4) is 28.2 Å². The van der Waals surface area contributed by atoms with Crippen LogP contribution < -0.4 is 0 Å².